The molecule has 1 aliphatic heterocycles. The van der Waals surface area contributed by atoms with E-state index in [4.69, 9.17) is 0 Å². The lowest BCUT2D eigenvalue weighted by molar-refractivity contribution is -0.881. The second-order valence-corrected chi connectivity index (χ2v) is 3.52. The largest absolute Gasteiger partial charge is 1.00 e. The molecule has 1 amide bonds. The van der Waals surface area contributed by atoms with Crippen LogP contribution in [0.2, 0.25) is 0 Å². The van der Waals surface area contributed by atoms with Crippen LogP contribution in [0.25, 0.3) is 0 Å². The molecule has 0 aromatic carbocycles. The summed E-state index contributed by atoms with van der Waals surface area (Å²) in [6.07, 6.45) is 1.10. The van der Waals surface area contributed by atoms with Crippen molar-refractivity contribution >= 4 is 5.91 Å². The van der Waals surface area contributed by atoms with Gasteiger partial charge in [0.1, 0.15) is 0 Å². The first kappa shape index (κ1) is 10.7. The van der Waals surface area contributed by atoms with E-state index in [0.29, 0.717) is 6.54 Å². The zero-order valence-electron chi connectivity index (χ0n) is 7.06. The van der Waals surface area contributed by atoms with E-state index < -0.39 is 0 Å². The van der Waals surface area contributed by atoms with Gasteiger partial charge in [-0.1, -0.05) is 0 Å². The fourth-order valence-electron chi connectivity index (χ4n) is 1.26. The maximum absolute atomic E-state index is 11.0. The van der Waals surface area contributed by atoms with Crippen molar-refractivity contribution in [2.24, 2.45) is 0 Å². The first-order valence-electron chi connectivity index (χ1n) is 3.69. The van der Waals surface area contributed by atoms with Gasteiger partial charge in [-0.3, -0.25) is 4.79 Å². The van der Waals surface area contributed by atoms with E-state index in [1.807, 2.05) is 0 Å². The number of hydrogen-bond donors (Lipinski definition) is 1. The molecular formula is C7H15ClN2O. The molecule has 11 heavy (non-hydrogen) atoms. The Balaban J connectivity index is 0.000001000. The number of hydrogen-bond acceptors (Lipinski definition) is 1. The smallest absolute Gasteiger partial charge is 0.275 e. The lowest BCUT2D eigenvalue weighted by atomic mass is 10.4. The number of rotatable bonds is 0. The third kappa shape index (κ3) is 3.58. The molecule has 0 radical (unpaired) electrons. The Bertz CT molecular complexity index is 147. The van der Waals surface area contributed by atoms with E-state index >= 15 is 0 Å². The van der Waals surface area contributed by atoms with Crippen LogP contribution in [0.4, 0.5) is 0 Å². The van der Waals surface area contributed by atoms with E-state index in [2.05, 4.69) is 19.4 Å². The molecular weight excluding hydrogens is 164 g/mol. The number of carbonyl (C=O) groups is 1. The molecule has 1 fully saturated rings. The first-order chi connectivity index (χ1) is 4.60. The molecule has 0 bridgehead atoms. The van der Waals surface area contributed by atoms with Gasteiger partial charge in [0.2, 0.25) is 0 Å². The van der Waals surface area contributed by atoms with Crippen LogP contribution in [0.1, 0.15) is 6.42 Å². The molecule has 1 N–H and O–H groups in total. The summed E-state index contributed by atoms with van der Waals surface area (Å²) in [5, 5.41) is 2.85. The van der Waals surface area contributed by atoms with Crippen molar-refractivity contribution in [1.29, 1.82) is 0 Å². The summed E-state index contributed by atoms with van der Waals surface area (Å²) < 4.78 is 0.825. The molecule has 66 valence electrons. The van der Waals surface area contributed by atoms with E-state index in [-0.39, 0.29) is 18.3 Å². The molecule has 1 aliphatic rings. The number of quaternary nitrogens is 1. The number of carbonyl (C=O) groups excluding carboxylic acids is 1. The highest BCUT2D eigenvalue weighted by Gasteiger charge is 2.22. The number of halogens is 1. The molecule has 1 saturated heterocycles. The molecule has 3 nitrogen and oxygen atoms in total. The molecule has 0 aromatic heterocycles. The maximum atomic E-state index is 11.0. The van der Waals surface area contributed by atoms with Gasteiger partial charge in [-0.05, 0) is 0 Å². The van der Waals surface area contributed by atoms with Crippen molar-refractivity contribution in [2.75, 3.05) is 33.7 Å². The van der Waals surface area contributed by atoms with Gasteiger partial charge in [-0.2, -0.15) is 0 Å². The maximum Gasteiger partial charge on any atom is 0.275 e. The van der Waals surface area contributed by atoms with Crippen LogP contribution in [-0.4, -0.2) is 44.1 Å². The molecule has 0 aromatic rings. The van der Waals surface area contributed by atoms with Crippen LogP contribution in [0, 0.1) is 0 Å². The van der Waals surface area contributed by atoms with E-state index in [0.717, 1.165) is 24.0 Å². The normalized spacial score (nSPS) is 22.9. The average Bonchev–Trinajstić information content (AvgIpc) is 1.90. The van der Waals surface area contributed by atoms with Gasteiger partial charge in [0.05, 0.1) is 20.6 Å². The standard InChI is InChI=1S/C7H14N2O.ClH/c1-9(2)5-3-4-8-7(10)6-9;/h3-6H2,1-2H3;1H. The van der Waals surface area contributed by atoms with Gasteiger partial charge >= 0.3 is 0 Å². The van der Waals surface area contributed by atoms with Gasteiger partial charge in [0.15, 0.2) is 6.54 Å². The highest BCUT2D eigenvalue weighted by atomic mass is 35.5. The summed E-state index contributed by atoms with van der Waals surface area (Å²) in [6.45, 7) is 2.57. The summed E-state index contributed by atoms with van der Waals surface area (Å²) >= 11 is 0. The average molecular weight is 179 g/mol. The second-order valence-electron chi connectivity index (χ2n) is 3.52. The first-order valence-corrected chi connectivity index (χ1v) is 3.69. The van der Waals surface area contributed by atoms with Gasteiger partial charge in [0, 0.05) is 13.0 Å². The molecule has 1 rings (SSSR count). The van der Waals surface area contributed by atoms with Gasteiger partial charge in [-0.15, -0.1) is 0 Å². The van der Waals surface area contributed by atoms with Crippen molar-refractivity contribution in [3.8, 4) is 0 Å². The van der Waals surface area contributed by atoms with Crippen molar-refractivity contribution in [1.82, 2.24) is 5.32 Å². The number of nitrogens with one attached hydrogen (secondary N) is 1. The SMILES string of the molecule is C[N+]1(C)CCCNC(=O)C1.[Cl-]. The lowest BCUT2D eigenvalue weighted by Gasteiger charge is -2.25. The summed E-state index contributed by atoms with van der Waals surface area (Å²) in [6, 6.07) is 0. The van der Waals surface area contributed by atoms with Crippen LogP contribution in [0.5, 0.6) is 0 Å². The Morgan fingerprint density at radius 3 is 2.73 bits per heavy atom. The van der Waals surface area contributed by atoms with E-state index in [9.17, 15) is 4.79 Å². The highest BCUT2D eigenvalue weighted by molar-refractivity contribution is 5.77. The quantitative estimate of drug-likeness (QED) is 0.385. The van der Waals surface area contributed by atoms with Gasteiger partial charge in [-0.25, -0.2) is 0 Å². The third-order valence-electron chi connectivity index (χ3n) is 1.83. The van der Waals surface area contributed by atoms with E-state index in [1.54, 1.807) is 0 Å². The number of nitrogens with zero attached hydrogens (tertiary/aromatic N) is 1. The topological polar surface area (TPSA) is 29.1 Å². The monoisotopic (exact) mass is 178 g/mol. The predicted octanol–water partition coefficient (Wildman–Crippen LogP) is -3.41. The van der Waals surface area contributed by atoms with Crippen molar-refractivity contribution in [2.45, 2.75) is 6.42 Å². The summed E-state index contributed by atoms with van der Waals surface area (Å²) in [5.74, 6) is 0.183. The fourth-order valence-corrected chi connectivity index (χ4v) is 1.26. The zero-order chi connectivity index (χ0) is 7.61. The van der Waals surface area contributed by atoms with Gasteiger partial charge in [0.25, 0.3) is 5.91 Å². The Hall–Kier alpha value is -0.280. The minimum atomic E-state index is 0. The van der Waals surface area contributed by atoms with Crippen LogP contribution in [-0.2, 0) is 4.79 Å². The second kappa shape index (κ2) is 3.93. The summed E-state index contributed by atoms with van der Waals surface area (Å²) in [5.41, 5.74) is 0. The Labute approximate surface area is 73.8 Å². The minimum absolute atomic E-state index is 0. The molecule has 0 spiro atoms. The van der Waals surface area contributed by atoms with Crippen LogP contribution in [0.15, 0.2) is 0 Å². The Morgan fingerprint density at radius 1 is 1.45 bits per heavy atom. The predicted molar refractivity (Wildman–Crippen MR) is 39.5 cm³/mol. The number of amides is 1. The summed E-state index contributed by atoms with van der Waals surface area (Å²) in [7, 11) is 4.18. The van der Waals surface area contributed by atoms with Crippen LogP contribution >= 0.6 is 0 Å². The highest BCUT2D eigenvalue weighted by Crippen LogP contribution is 2.01. The Morgan fingerprint density at radius 2 is 2.09 bits per heavy atom. The molecule has 0 aliphatic carbocycles. The van der Waals surface area contributed by atoms with E-state index in [1.165, 1.54) is 0 Å². The van der Waals surface area contributed by atoms with Crippen molar-refractivity contribution < 1.29 is 21.7 Å². The molecule has 0 saturated carbocycles. The van der Waals surface area contributed by atoms with Crippen LogP contribution in [0.3, 0.4) is 0 Å². The Kier molecular flexibility index (Phi) is 3.83. The minimum Gasteiger partial charge on any atom is -1.00 e. The molecule has 1 heterocycles. The van der Waals surface area contributed by atoms with Gasteiger partial charge < -0.3 is 22.2 Å². The summed E-state index contributed by atoms with van der Waals surface area (Å²) in [4.78, 5) is 11.0. The zero-order valence-corrected chi connectivity index (χ0v) is 7.82. The lowest BCUT2D eigenvalue weighted by Crippen LogP contribution is -3.00. The number of likely N-dealkylation sites (N-methyl/N-ethyl adjacent to an activating group) is 1. The van der Waals surface area contributed by atoms with Crippen molar-refractivity contribution in [3.63, 3.8) is 0 Å². The molecule has 0 unspecified atom stereocenters. The fraction of sp³-hybridized carbons (Fsp3) is 0.857. The third-order valence-corrected chi connectivity index (χ3v) is 1.83. The molecule has 4 heteroatoms. The van der Waals surface area contributed by atoms with Crippen molar-refractivity contribution in [3.05, 3.63) is 0 Å². The van der Waals surface area contributed by atoms with Crippen LogP contribution < -0.4 is 17.7 Å². The molecule has 0 atom stereocenters.